The van der Waals surface area contributed by atoms with Crippen molar-refractivity contribution in [3.63, 3.8) is 0 Å². The maximum Gasteiger partial charge on any atom is 0.415 e. The van der Waals surface area contributed by atoms with Gasteiger partial charge in [-0.2, -0.15) is 0 Å². The summed E-state index contributed by atoms with van der Waals surface area (Å²) in [5.74, 6) is 0.0362. The molecule has 4 aromatic rings. The normalized spacial score (nSPS) is 15.1. The van der Waals surface area contributed by atoms with Crippen molar-refractivity contribution in [2.24, 2.45) is 5.73 Å². The number of amides is 2. The van der Waals surface area contributed by atoms with E-state index in [2.05, 4.69) is 9.97 Å². The van der Waals surface area contributed by atoms with Gasteiger partial charge in [-0.05, 0) is 29.3 Å². The molecule has 0 saturated heterocycles. The summed E-state index contributed by atoms with van der Waals surface area (Å²) < 4.78 is 5.63. The predicted molar refractivity (Wildman–Crippen MR) is 117 cm³/mol. The van der Waals surface area contributed by atoms with E-state index in [1.807, 2.05) is 60.7 Å². The highest BCUT2D eigenvalue weighted by molar-refractivity contribution is 6.04. The first-order valence-electron chi connectivity index (χ1n) is 9.98. The van der Waals surface area contributed by atoms with Crippen molar-refractivity contribution in [3.8, 4) is 0 Å². The first-order chi connectivity index (χ1) is 15.1. The zero-order chi connectivity index (χ0) is 21.4. The molecule has 0 spiro atoms. The molecule has 0 radical (unpaired) electrons. The third-order valence-corrected chi connectivity index (χ3v) is 5.49. The Labute approximate surface area is 178 Å². The minimum absolute atomic E-state index is 0.178. The van der Waals surface area contributed by atoms with Crippen molar-refractivity contribution in [3.05, 3.63) is 95.3 Å². The van der Waals surface area contributed by atoms with Crippen LogP contribution in [0.5, 0.6) is 0 Å². The summed E-state index contributed by atoms with van der Waals surface area (Å²) in [5, 5.41) is 0. The molecule has 31 heavy (non-hydrogen) atoms. The number of carbonyl (C=O) groups excluding carboxylic acids is 2. The van der Waals surface area contributed by atoms with E-state index in [-0.39, 0.29) is 12.6 Å². The molecule has 0 saturated carbocycles. The Kier molecular flexibility index (Phi) is 4.63. The molecule has 7 nitrogen and oxygen atoms in total. The second-order valence-corrected chi connectivity index (χ2v) is 7.45. The molecule has 2 amide bonds. The number of aromatic amines is 1. The van der Waals surface area contributed by atoms with Gasteiger partial charge in [0, 0.05) is 6.42 Å². The summed E-state index contributed by atoms with van der Waals surface area (Å²) in [6.07, 6.45) is 0.136. The van der Waals surface area contributed by atoms with E-state index in [0.717, 1.165) is 16.8 Å². The van der Waals surface area contributed by atoms with Gasteiger partial charge in [-0.25, -0.2) is 9.78 Å². The number of anilines is 1. The number of H-pyrrole nitrogens is 1. The Hall–Kier alpha value is -4.13. The fourth-order valence-electron chi connectivity index (χ4n) is 4.03. The summed E-state index contributed by atoms with van der Waals surface area (Å²) >= 11 is 0. The van der Waals surface area contributed by atoms with Gasteiger partial charge in [0.1, 0.15) is 24.0 Å². The zero-order valence-corrected chi connectivity index (χ0v) is 16.6. The first-order valence-corrected chi connectivity index (χ1v) is 9.98. The molecule has 3 aromatic carbocycles. The molecule has 1 aromatic heterocycles. The second kappa shape index (κ2) is 7.60. The number of carbonyl (C=O) groups is 2. The fourth-order valence-corrected chi connectivity index (χ4v) is 4.03. The average molecular weight is 412 g/mol. The minimum Gasteiger partial charge on any atom is -0.444 e. The molecule has 0 aliphatic carbocycles. The molecule has 1 atom stereocenters. The smallest absolute Gasteiger partial charge is 0.415 e. The van der Waals surface area contributed by atoms with E-state index in [0.29, 0.717) is 28.8 Å². The van der Waals surface area contributed by atoms with Crippen LogP contribution in [0.4, 0.5) is 10.5 Å². The van der Waals surface area contributed by atoms with Gasteiger partial charge < -0.3 is 15.5 Å². The molecule has 5 rings (SSSR count). The Morgan fingerprint density at radius 2 is 1.81 bits per heavy atom. The van der Waals surface area contributed by atoms with Crippen LogP contribution >= 0.6 is 0 Å². The van der Waals surface area contributed by atoms with Gasteiger partial charge in [0.05, 0.1) is 16.8 Å². The summed E-state index contributed by atoms with van der Waals surface area (Å²) in [6, 6.07) is 22.1. The number of primary amides is 1. The molecule has 7 heteroatoms. The molecular formula is C24H20N4O3. The van der Waals surface area contributed by atoms with E-state index >= 15 is 0 Å². The lowest BCUT2D eigenvalue weighted by molar-refractivity contribution is 0.100. The van der Waals surface area contributed by atoms with Crippen molar-refractivity contribution in [2.45, 2.75) is 19.1 Å². The monoisotopic (exact) mass is 412 g/mol. The number of imidazole rings is 1. The van der Waals surface area contributed by atoms with E-state index in [1.54, 1.807) is 17.0 Å². The largest absolute Gasteiger partial charge is 0.444 e. The number of nitrogens with one attached hydrogen (secondary N) is 1. The van der Waals surface area contributed by atoms with Gasteiger partial charge in [0.2, 0.25) is 0 Å². The molecule has 1 aliphatic rings. The Morgan fingerprint density at radius 1 is 1.03 bits per heavy atom. The summed E-state index contributed by atoms with van der Waals surface area (Å²) in [7, 11) is 0. The molecule has 3 N–H and O–H groups in total. The fraction of sp³-hybridized carbons (Fsp3) is 0.125. The van der Waals surface area contributed by atoms with Gasteiger partial charge >= 0.3 is 6.09 Å². The van der Waals surface area contributed by atoms with Gasteiger partial charge in [0.15, 0.2) is 0 Å². The van der Waals surface area contributed by atoms with E-state index < -0.39 is 12.0 Å². The van der Waals surface area contributed by atoms with E-state index in [1.165, 1.54) is 0 Å². The van der Waals surface area contributed by atoms with Crippen LogP contribution in [0.25, 0.3) is 11.0 Å². The number of hydrogen-bond donors (Lipinski definition) is 2. The molecule has 0 bridgehead atoms. The molecule has 0 unspecified atom stereocenters. The van der Waals surface area contributed by atoms with Gasteiger partial charge in [-0.1, -0.05) is 54.6 Å². The maximum absolute atomic E-state index is 13.1. The Bertz CT molecular complexity index is 1280. The van der Waals surface area contributed by atoms with Gasteiger partial charge in [-0.3, -0.25) is 9.69 Å². The van der Waals surface area contributed by atoms with E-state index in [9.17, 15) is 9.59 Å². The first kappa shape index (κ1) is 18.9. The van der Waals surface area contributed by atoms with Crippen LogP contribution in [-0.2, 0) is 17.8 Å². The van der Waals surface area contributed by atoms with Crippen LogP contribution in [0.2, 0.25) is 0 Å². The highest BCUT2D eigenvalue weighted by atomic mass is 16.6. The van der Waals surface area contributed by atoms with Gasteiger partial charge in [0.25, 0.3) is 5.91 Å². The molecule has 1 aliphatic heterocycles. The number of hydrogen-bond acceptors (Lipinski definition) is 4. The van der Waals surface area contributed by atoms with Gasteiger partial charge in [-0.15, -0.1) is 0 Å². The summed E-state index contributed by atoms with van der Waals surface area (Å²) in [6.45, 7) is 0.178. The number of ether oxygens (including phenoxy) is 1. The molecular weight excluding hydrogens is 392 g/mol. The summed E-state index contributed by atoms with van der Waals surface area (Å²) in [4.78, 5) is 34.5. The van der Waals surface area contributed by atoms with Crippen LogP contribution in [-0.4, -0.2) is 22.0 Å². The van der Waals surface area contributed by atoms with Crippen molar-refractivity contribution >= 4 is 28.7 Å². The Morgan fingerprint density at radius 3 is 2.61 bits per heavy atom. The summed E-state index contributed by atoms with van der Waals surface area (Å²) in [5.41, 5.74) is 9.77. The molecule has 0 fully saturated rings. The minimum atomic E-state index is -0.544. The molecule has 2 heterocycles. The third-order valence-electron chi connectivity index (χ3n) is 5.49. The van der Waals surface area contributed by atoms with Crippen LogP contribution in [0.3, 0.4) is 0 Å². The Balaban J connectivity index is 1.50. The van der Waals surface area contributed by atoms with E-state index in [4.69, 9.17) is 10.5 Å². The average Bonchev–Trinajstić information content (AvgIpc) is 3.39. The number of benzene rings is 3. The number of nitrogens with two attached hydrogens (primary N) is 1. The zero-order valence-electron chi connectivity index (χ0n) is 16.6. The highest BCUT2D eigenvalue weighted by Crippen LogP contribution is 2.40. The lowest BCUT2D eigenvalue weighted by Gasteiger charge is -2.23. The number of nitrogens with zero attached hydrogens (tertiary/aromatic N) is 2. The van der Waals surface area contributed by atoms with Crippen LogP contribution in [0, 0.1) is 0 Å². The number of aromatic nitrogens is 2. The standard InChI is InChI=1S/C24H20N4O3/c25-22(29)17-10-6-11-18-21(17)27-23(26-18)20-13-16-9-4-5-12-19(16)28(20)24(30)31-14-15-7-2-1-3-8-15/h1-12,20H,13-14H2,(H2,25,29)(H,26,27)/t20-/m1/s1. The van der Waals surface area contributed by atoms with Crippen molar-refractivity contribution < 1.29 is 14.3 Å². The second-order valence-electron chi connectivity index (χ2n) is 7.45. The quantitative estimate of drug-likeness (QED) is 0.527. The van der Waals surface area contributed by atoms with Crippen LogP contribution < -0.4 is 10.6 Å². The maximum atomic E-state index is 13.1. The topological polar surface area (TPSA) is 101 Å². The molecule has 154 valence electrons. The highest BCUT2D eigenvalue weighted by Gasteiger charge is 2.37. The van der Waals surface area contributed by atoms with Crippen molar-refractivity contribution in [2.75, 3.05) is 4.90 Å². The number of rotatable bonds is 4. The number of para-hydroxylation sites is 2. The van der Waals surface area contributed by atoms with Crippen LogP contribution in [0.15, 0.2) is 72.8 Å². The lowest BCUT2D eigenvalue weighted by Crippen LogP contribution is -2.33. The lowest BCUT2D eigenvalue weighted by atomic mass is 10.1. The van der Waals surface area contributed by atoms with Crippen molar-refractivity contribution in [1.82, 2.24) is 9.97 Å². The SMILES string of the molecule is NC(=O)c1cccc2[nH]c([C@H]3Cc4ccccc4N3C(=O)OCc3ccccc3)nc12. The van der Waals surface area contributed by atoms with Crippen molar-refractivity contribution in [1.29, 1.82) is 0 Å². The predicted octanol–water partition coefficient (Wildman–Crippen LogP) is 4.10. The van der Waals surface area contributed by atoms with Crippen LogP contribution in [0.1, 0.15) is 33.4 Å². The number of fused-ring (bicyclic) bond motifs is 2. The third kappa shape index (κ3) is 3.40.